The van der Waals surface area contributed by atoms with Crippen LogP contribution in [-0.4, -0.2) is 41.2 Å². The van der Waals surface area contributed by atoms with Crippen molar-refractivity contribution in [2.45, 2.75) is 25.4 Å². The Morgan fingerprint density at radius 2 is 2.53 bits per heavy atom. The minimum atomic E-state index is 0.585. The van der Waals surface area contributed by atoms with Gasteiger partial charge in [-0.1, -0.05) is 5.16 Å². The maximum atomic E-state index is 5.36. The smallest absolute Gasteiger partial charge is 0.241 e. The molecule has 0 spiro atoms. The Morgan fingerprint density at radius 1 is 1.58 bits per heavy atom. The number of rotatable bonds is 5. The van der Waals surface area contributed by atoms with Crippen LogP contribution in [0.25, 0.3) is 11.4 Å². The molecule has 19 heavy (non-hydrogen) atoms. The summed E-state index contributed by atoms with van der Waals surface area (Å²) in [6.45, 7) is 2.89. The van der Waals surface area contributed by atoms with Gasteiger partial charge >= 0.3 is 0 Å². The summed E-state index contributed by atoms with van der Waals surface area (Å²) in [6, 6.07) is 2.60. The molecular formula is C13H18N4OS. The minimum Gasteiger partial charge on any atom is -0.338 e. The average Bonchev–Trinajstić information content (AvgIpc) is 3.12. The topological polar surface area (TPSA) is 54.2 Å². The summed E-state index contributed by atoms with van der Waals surface area (Å²) < 4.78 is 5.36. The molecule has 0 bridgehead atoms. The Kier molecular flexibility index (Phi) is 3.91. The predicted octanol–water partition coefficient (Wildman–Crippen LogP) is 1.98. The number of aromatic nitrogens is 2. The average molecular weight is 278 g/mol. The van der Waals surface area contributed by atoms with Gasteiger partial charge in [0.05, 0.1) is 6.54 Å². The third kappa shape index (κ3) is 2.86. The fourth-order valence-corrected chi connectivity index (χ4v) is 3.21. The molecule has 0 radical (unpaired) electrons. The van der Waals surface area contributed by atoms with Gasteiger partial charge < -0.3 is 9.84 Å². The van der Waals surface area contributed by atoms with Crippen molar-refractivity contribution in [2.75, 3.05) is 20.1 Å². The second-order valence-electron chi connectivity index (χ2n) is 4.85. The fourth-order valence-electron chi connectivity index (χ4n) is 2.57. The van der Waals surface area contributed by atoms with Crippen molar-refractivity contribution in [1.29, 1.82) is 0 Å². The van der Waals surface area contributed by atoms with Crippen LogP contribution in [0.15, 0.2) is 21.3 Å². The lowest BCUT2D eigenvalue weighted by atomic mass is 10.2. The van der Waals surface area contributed by atoms with E-state index in [4.69, 9.17) is 4.52 Å². The predicted molar refractivity (Wildman–Crippen MR) is 75.0 cm³/mol. The zero-order valence-electron chi connectivity index (χ0n) is 11.0. The van der Waals surface area contributed by atoms with Crippen LogP contribution < -0.4 is 5.32 Å². The first-order chi connectivity index (χ1) is 9.36. The number of nitrogens with zero attached hydrogens (tertiary/aromatic N) is 3. The normalized spacial score (nSPS) is 20.2. The second-order valence-corrected chi connectivity index (χ2v) is 5.63. The van der Waals surface area contributed by atoms with Crippen LogP contribution in [-0.2, 0) is 6.54 Å². The van der Waals surface area contributed by atoms with E-state index in [1.165, 1.54) is 12.8 Å². The number of likely N-dealkylation sites (tertiary alicyclic amines) is 1. The van der Waals surface area contributed by atoms with E-state index in [0.717, 1.165) is 25.2 Å². The van der Waals surface area contributed by atoms with Crippen LogP contribution in [0.1, 0.15) is 18.7 Å². The van der Waals surface area contributed by atoms with Crippen molar-refractivity contribution >= 4 is 11.3 Å². The lowest BCUT2D eigenvalue weighted by molar-refractivity contribution is 0.209. The lowest BCUT2D eigenvalue weighted by Crippen LogP contribution is -2.36. The summed E-state index contributed by atoms with van der Waals surface area (Å²) >= 11 is 1.64. The van der Waals surface area contributed by atoms with E-state index in [0.29, 0.717) is 17.8 Å². The Morgan fingerprint density at radius 3 is 3.32 bits per heavy atom. The third-order valence-electron chi connectivity index (χ3n) is 3.52. The largest absolute Gasteiger partial charge is 0.338 e. The highest BCUT2D eigenvalue weighted by Gasteiger charge is 2.25. The molecule has 2 aromatic heterocycles. The molecule has 1 atom stereocenters. The van der Waals surface area contributed by atoms with Gasteiger partial charge in [0.15, 0.2) is 0 Å². The molecule has 1 fully saturated rings. The van der Waals surface area contributed by atoms with E-state index in [1.807, 2.05) is 23.9 Å². The molecule has 3 rings (SSSR count). The van der Waals surface area contributed by atoms with Crippen molar-refractivity contribution in [3.8, 4) is 11.4 Å². The van der Waals surface area contributed by atoms with E-state index < -0.39 is 0 Å². The van der Waals surface area contributed by atoms with E-state index in [9.17, 15) is 0 Å². The molecule has 0 saturated carbocycles. The zero-order valence-corrected chi connectivity index (χ0v) is 11.8. The van der Waals surface area contributed by atoms with Crippen molar-refractivity contribution in [3.63, 3.8) is 0 Å². The molecule has 3 heterocycles. The minimum absolute atomic E-state index is 0.585. The quantitative estimate of drug-likeness (QED) is 0.906. The molecule has 2 aromatic rings. The Balaban J connectivity index is 1.67. The SMILES string of the molecule is CNCC1CCCN1Cc1nc(-c2ccsc2)no1. The number of hydrogen-bond acceptors (Lipinski definition) is 6. The van der Waals surface area contributed by atoms with Gasteiger partial charge in [-0.15, -0.1) is 0 Å². The Labute approximate surface area is 116 Å². The van der Waals surface area contributed by atoms with Gasteiger partial charge in [-0.3, -0.25) is 4.90 Å². The van der Waals surface area contributed by atoms with E-state index >= 15 is 0 Å². The summed E-state index contributed by atoms with van der Waals surface area (Å²) in [7, 11) is 2.00. The molecule has 102 valence electrons. The highest BCUT2D eigenvalue weighted by Crippen LogP contribution is 2.22. The third-order valence-corrected chi connectivity index (χ3v) is 4.21. The molecule has 1 saturated heterocycles. The number of thiophene rings is 1. The van der Waals surface area contributed by atoms with E-state index in [2.05, 4.69) is 20.4 Å². The molecule has 1 aliphatic heterocycles. The Hall–Kier alpha value is -1.24. The van der Waals surface area contributed by atoms with Crippen LogP contribution in [0.2, 0.25) is 0 Å². The second kappa shape index (κ2) is 5.81. The molecular weight excluding hydrogens is 260 g/mol. The number of nitrogens with one attached hydrogen (secondary N) is 1. The van der Waals surface area contributed by atoms with Gasteiger partial charge in [-0.05, 0) is 37.9 Å². The van der Waals surface area contributed by atoms with Crippen molar-refractivity contribution in [1.82, 2.24) is 20.4 Å². The first-order valence-corrected chi connectivity index (χ1v) is 7.55. The van der Waals surface area contributed by atoms with Gasteiger partial charge in [0.2, 0.25) is 11.7 Å². The molecule has 5 nitrogen and oxygen atoms in total. The summed E-state index contributed by atoms with van der Waals surface area (Å²) in [4.78, 5) is 6.90. The summed E-state index contributed by atoms with van der Waals surface area (Å²) in [5.74, 6) is 1.41. The summed E-state index contributed by atoms with van der Waals surface area (Å²) in [5.41, 5.74) is 1.04. The van der Waals surface area contributed by atoms with E-state index in [1.54, 1.807) is 11.3 Å². The van der Waals surface area contributed by atoms with Gasteiger partial charge in [-0.2, -0.15) is 16.3 Å². The Bertz CT molecular complexity index is 510. The monoisotopic (exact) mass is 278 g/mol. The van der Waals surface area contributed by atoms with Crippen LogP contribution >= 0.6 is 11.3 Å². The molecule has 0 amide bonds. The number of hydrogen-bond donors (Lipinski definition) is 1. The zero-order chi connectivity index (χ0) is 13.1. The highest BCUT2D eigenvalue weighted by atomic mass is 32.1. The molecule has 0 aromatic carbocycles. The van der Waals surface area contributed by atoms with Gasteiger partial charge in [0, 0.05) is 23.5 Å². The van der Waals surface area contributed by atoms with Crippen LogP contribution in [0.5, 0.6) is 0 Å². The van der Waals surface area contributed by atoms with Gasteiger partial charge in [0.25, 0.3) is 0 Å². The van der Waals surface area contributed by atoms with Crippen LogP contribution in [0.3, 0.4) is 0 Å². The first kappa shape index (κ1) is 12.8. The molecule has 1 unspecified atom stereocenters. The van der Waals surface area contributed by atoms with E-state index in [-0.39, 0.29) is 0 Å². The number of likely N-dealkylation sites (N-methyl/N-ethyl adjacent to an activating group) is 1. The van der Waals surface area contributed by atoms with Crippen LogP contribution in [0, 0.1) is 0 Å². The fraction of sp³-hybridized carbons (Fsp3) is 0.538. The van der Waals surface area contributed by atoms with Crippen LogP contribution in [0.4, 0.5) is 0 Å². The first-order valence-electron chi connectivity index (χ1n) is 6.60. The standard InChI is InChI=1S/C13H18N4OS/c1-14-7-11-3-2-5-17(11)8-12-15-13(16-18-12)10-4-6-19-9-10/h4,6,9,11,14H,2-3,5,7-8H2,1H3. The van der Waals surface area contributed by atoms with Gasteiger partial charge in [-0.25, -0.2) is 0 Å². The van der Waals surface area contributed by atoms with Crippen molar-refractivity contribution in [3.05, 3.63) is 22.7 Å². The highest BCUT2D eigenvalue weighted by molar-refractivity contribution is 7.08. The maximum Gasteiger partial charge on any atom is 0.241 e. The molecule has 0 aliphatic carbocycles. The summed E-state index contributed by atoms with van der Waals surface area (Å²) in [6.07, 6.45) is 2.49. The van der Waals surface area contributed by atoms with Crippen molar-refractivity contribution in [2.24, 2.45) is 0 Å². The summed E-state index contributed by atoms with van der Waals surface area (Å²) in [5, 5.41) is 11.4. The molecule has 1 aliphatic rings. The maximum absolute atomic E-state index is 5.36. The van der Waals surface area contributed by atoms with Crippen molar-refractivity contribution < 1.29 is 4.52 Å². The molecule has 1 N–H and O–H groups in total. The van der Waals surface area contributed by atoms with Gasteiger partial charge in [0.1, 0.15) is 0 Å². The molecule has 6 heteroatoms. The lowest BCUT2D eigenvalue weighted by Gasteiger charge is -2.22.